The fraction of sp³-hybridized carbons (Fsp3) is 0.600. The Morgan fingerprint density at radius 3 is 1.44 bits per heavy atom. The van der Waals surface area contributed by atoms with Crippen LogP contribution in [0.1, 0.15) is 47.1 Å². The summed E-state index contributed by atoms with van der Waals surface area (Å²) in [5, 5.41) is 0.417. The first kappa shape index (κ1) is 18.2. The van der Waals surface area contributed by atoms with E-state index in [1.165, 1.54) is 0 Å². The fourth-order valence-electron chi connectivity index (χ4n) is 1.08. The van der Waals surface area contributed by atoms with Crippen LogP contribution in [0.2, 0.25) is 0 Å². The highest BCUT2D eigenvalue weighted by Crippen LogP contribution is 2.48. The third-order valence-corrected chi connectivity index (χ3v) is 3.65. The van der Waals surface area contributed by atoms with E-state index in [0.717, 1.165) is 5.56 Å². The van der Waals surface area contributed by atoms with Crippen molar-refractivity contribution >= 4 is 32.4 Å². The maximum Gasteiger partial charge on any atom is 0.147 e. The van der Waals surface area contributed by atoms with E-state index in [1.807, 2.05) is 51.1 Å². The Bertz CT molecular complexity index is 339. The Labute approximate surface area is 125 Å². The van der Waals surface area contributed by atoms with Crippen molar-refractivity contribution in [2.75, 3.05) is 0 Å². The summed E-state index contributed by atoms with van der Waals surface area (Å²) in [5.41, 5.74) is 0.781. The van der Waals surface area contributed by atoms with Crippen molar-refractivity contribution in [3.63, 3.8) is 0 Å². The zero-order valence-electron chi connectivity index (χ0n) is 12.2. The molecule has 0 saturated heterocycles. The number of hydrogen-bond acceptors (Lipinski definition) is 0. The van der Waals surface area contributed by atoms with Gasteiger partial charge in [-0.1, -0.05) is 95.1 Å². The highest BCUT2D eigenvalue weighted by Gasteiger charge is 2.39. The van der Waals surface area contributed by atoms with Crippen molar-refractivity contribution in [1.29, 1.82) is 0 Å². The van der Waals surface area contributed by atoms with E-state index in [1.54, 1.807) is 0 Å². The van der Waals surface area contributed by atoms with E-state index in [2.05, 4.69) is 30.0 Å². The molecule has 18 heavy (non-hydrogen) atoms. The van der Waals surface area contributed by atoms with Crippen LogP contribution in [-0.2, 0) is 4.33 Å². The van der Waals surface area contributed by atoms with Crippen LogP contribution in [0.4, 0.5) is 0 Å². The molecule has 0 amide bonds. The van der Waals surface area contributed by atoms with Gasteiger partial charge in [-0.3, -0.25) is 0 Å². The lowest BCUT2D eigenvalue weighted by Gasteiger charge is -2.34. The Kier molecular flexibility index (Phi) is 6.68. The van der Waals surface area contributed by atoms with Gasteiger partial charge in [-0.25, -0.2) is 0 Å². The second-order valence-electron chi connectivity index (χ2n) is 6.56. The molecule has 0 aliphatic carbocycles. The minimum absolute atomic E-state index is 0.169. The first-order valence-corrected chi connectivity index (χ1v) is 7.41. The Morgan fingerprint density at radius 2 is 1.17 bits per heavy atom. The maximum absolute atomic E-state index is 6.30. The smallest absolute Gasteiger partial charge is 0.132 e. The van der Waals surface area contributed by atoms with Crippen LogP contribution in [0.15, 0.2) is 30.3 Å². The molecule has 0 N–H and O–H groups in total. The highest BCUT2D eigenvalue weighted by atomic mass is 35.5. The van der Waals surface area contributed by atoms with Crippen molar-refractivity contribution in [2.45, 2.75) is 51.0 Å². The van der Waals surface area contributed by atoms with Gasteiger partial charge < -0.3 is 0 Å². The minimum Gasteiger partial charge on any atom is -0.132 e. The molecular formula is C15H25Cl2P. The van der Waals surface area contributed by atoms with Crippen LogP contribution >= 0.6 is 32.4 Å². The summed E-state index contributed by atoms with van der Waals surface area (Å²) in [7, 11) is 2.72. The molecule has 3 heteroatoms. The first-order valence-electron chi connectivity index (χ1n) is 6.08. The zero-order valence-corrected chi connectivity index (χ0v) is 14.9. The van der Waals surface area contributed by atoms with E-state index in [4.69, 9.17) is 23.2 Å². The summed E-state index contributed by atoms with van der Waals surface area (Å²) < 4.78 is -0.825. The van der Waals surface area contributed by atoms with E-state index < -0.39 is 4.33 Å². The minimum atomic E-state index is -0.825. The maximum atomic E-state index is 6.30. The van der Waals surface area contributed by atoms with E-state index >= 15 is 0 Å². The summed E-state index contributed by atoms with van der Waals surface area (Å²) in [4.78, 5) is 0. The molecule has 0 fully saturated rings. The molecule has 1 aromatic carbocycles. The molecular weight excluding hydrogens is 282 g/mol. The van der Waals surface area contributed by atoms with Crippen molar-refractivity contribution in [3.05, 3.63) is 35.9 Å². The van der Waals surface area contributed by atoms with Crippen LogP contribution in [-0.4, -0.2) is 5.16 Å². The van der Waals surface area contributed by atoms with Gasteiger partial charge in [-0.05, 0) is 16.1 Å². The molecule has 0 aliphatic heterocycles. The average Bonchev–Trinajstić information content (AvgIpc) is 2.14. The largest absolute Gasteiger partial charge is 0.147 e. The summed E-state index contributed by atoms with van der Waals surface area (Å²) >= 11 is 12.6. The summed E-state index contributed by atoms with van der Waals surface area (Å²) in [6.45, 7) is 12.5. The van der Waals surface area contributed by atoms with E-state index in [9.17, 15) is 0 Å². The second kappa shape index (κ2) is 6.60. The molecule has 0 nitrogen and oxygen atoms in total. The van der Waals surface area contributed by atoms with Gasteiger partial charge in [-0.15, -0.1) is 9.24 Å². The van der Waals surface area contributed by atoms with Gasteiger partial charge in [0, 0.05) is 0 Å². The molecule has 1 unspecified atom stereocenters. The van der Waals surface area contributed by atoms with E-state index in [0.29, 0.717) is 5.16 Å². The molecule has 1 rings (SSSR count). The molecule has 0 aliphatic rings. The zero-order chi connectivity index (χ0) is 14.6. The predicted octanol–water partition coefficient (Wildman–Crippen LogP) is 6.02. The lowest BCUT2D eigenvalue weighted by Crippen LogP contribution is -2.28. The molecule has 0 heterocycles. The SMILES string of the molecule is CC(C)(C)C(Cl)(Cl)c1ccccc1.CC(C)(C)P. The second-order valence-corrected chi connectivity index (χ2v) is 9.62. The number of alkyl halides is 2. The number of rotatable bonds is 1. The lowest BCUT2D eigenvalue weighted by atomic mass is 9.87. The van der Waals surface area contributed by atoms with Gasteiger partial charge in [0.05, 0.1) is 0 Å². The molecule has 0 bridgehead atoms. The average molecular weight is 307 g/mol. The number of hydrogen-bond donors (Lipinski definition) is 0. The van der Waals surface area contributed by atoms with Gasteiger partial charge >= 0.3 is 0 Å². The quantitative estimate of drug-likeness (QED) is 0.439. The van der Waals surface area contributed by atoms with Crippen LogP contribution in [0.3, 0.4) is 0 Å². The lowest BCUT2D eigenvalue weighted by molar-refractivity contribution is 0.359. The van der Waals surface area contributed by atoms with Crippen LogP contribution in [0.5, 0.6) is 0 Å². The molecule has 0 aromatic heterocycles. The predicted molar refractivity (Wildman–Crippen MR) is 88.7 cm³/mol. The first-order chi connectivity index (χ1) is 7.86. The standard InChI is InChI=1S/C11H14Cl2.C4H11P/c1-10(2,3)11(12,13)9-7-5-4-6-8-9;1-4(2,3)5/h4-8H,1-3H3;5H2,1-3H3. The Balaban J connectivity index is 0.000000494. The van der Waals surface area contributed by atoms with Crippen molar-refractivity contribution in [1.82, 2.24) is 0 Å². The topological polar surface area (TPSA) is 0 Å². The third-order valence-electron chi connectivity index (χ3n) is 2.08. The van der Waals surface area contributed by atoms with Gasteiger partial charge in [0.1, 0.15) is 4.33 Å². The third kappa shape index (κ3) is 6.98. The van der Waals surface area contributed by atoms with Crippen molar-refractivity contribution < 1.29 is 0 Å². The van der Waals surface area contributed by atoms with Gasteiger partial charge in [-0.2, -0.15) is 0 Å². The monoisotopic (exact) mass is 306 g/mol. The summed E-state index contributed by atoms with van der Waals surface area (Å²) in [6, 6.07) is 9.74. The normalized spacial score (nSPS) is 12.7. The van der Waals surface area contributed by atoms with Crippen molar-refractivity contribution in [2.24, 2.45) is 5.41 Å². The molecule has 104 valence electrons. The van der Waals surface area contributed by atoms with Gasteiger partial charge in [0.25, 0.3) is 0 Å². The summed E-state index contributed by atoms with van der Waals surface area (Å²) in [5.74, 6) is 0. The Morgan fingerprint density at radius 1 is 0.833 bits per heavy atom. The number of benzene rings is 1. The molecule has 0 spiro atoms. The van der Waals surface area contributed by atoms with Crippen LogP contribution in [0, 0.1) is 5.41 Å². The molecule has 1 aromatic rings. The van der Waals surface area contributed by atoms with Gasteiger partial charge in [0.15, 0.2) is 0 Å². The van der Waals surface area contributed by atoms with Gasteiger partial charge in [0.2, 0.25) is 0 Å². The van der Waals surface area contributed by atoms with Crippen LogP contribution < -0.4 is 0 Å². The Hall–Kier alpha value is 0.230. The number of halogens is 2. The highest BCUT2D eigenvalue weighted by molar-refractivity contribution is 7.18. The molecule has 1 atom stereocenters. The van der Waals surface area contributed by atoms with Crippen LogP contribution in [0.25, 0.3) is 0 Å². The summed E-state index contributed by atoms with van der Waals surface area (Å²) in [6.07, 6.45) is 0. The van der Waals surface area contributed by atoms with Crippen molar-refractivity contribution in [3.8, 4) is 0 Å². The molecule has 0 saturated carbocycles. The molecule has 0 radical (unpaired) electrons. The fourth-order valence-corrected chi connectivity index (χ4v) is 1.33. The van der Waals surface area contributed by atoms with E-state index in [-0.39, 0.29) is 5.41 Å².